The van der Waals surface area contributed by atoms with E-state index in [1.807, 2.05) is 0 Å². The second kappa shape index (κ2) is 5.66. The van der Waals surface area contributed by atoms with Crippen molar-refractivity contribution >= 4 is 21.7 Å². The minimum Gasteiger partial charge on any atom is -0.475 e. The molecule has 1 saturated heterocycles. The first-order valence-corrected chi connectivity index (χ1v) is 7.89. The van der Waals surface area contributed by atoms with Crippen LogP contribution in [0.5, 0.6) is 0 Å². The number of sulfone groups is 1. The van der Waals surface area contributed by atoms with Gasteiger partial charge in [0.2, 0.25) is 26.6 Å². The summed E-state index contributed by atoms with van der Waals surface area (Å²) in [6, 6.07) is 2.11. The Bertz CT molecular complexity index is 612. The van der Waals surface area contributed by atoms with E-state index in [1.54, 1.807) is 0 Å². The molecule has 7 nitrogen and oxygen atoms in total. The minimum absolute atomic E-state index is 0.464. The number of aromatic carboxylic acids is 1. The Kier molecular flexibility index (Phi) is 4.12. The predicted octanol–water partition coefficient (Wildman–Crippen LogP) is 0.764. The Morgan fingerprint density at radius 3 is 2.40 bits per heavy atom. The standard InChI is InChI=1S/C12H15NO6S/c14-10(13-6-2-1-3-7-13)8-20(17,18)11-5-4-9(19-11)12(15)16/h4-5H,1-3,6-8H2,(H,15,16). The zero-order valence-corrected chi connectivity index (χ0v) is 11.6. The third kappa shape index (κ3) is 3.19. The van der Waals surface area contributed by atoms with Gasteiger partial charge in [-0.1, -0.05) is 0 Å². The van der Waals surface area contributed by atoms with E-state index in [2.05, 4.69) is 0 Å². The van der Waals surface area contributed by atoms with E-state index < -0.39 is 38.3 Å². The smallest absolute Gasteiger partial charge is 0.371 e. The van der Waals surface area contributed by atoms with Gasteiger partial charge in [0, 0.05) is 13.1 Å². The van der Waals surface area contributed by atoms with Gasteiger partial charge >= 0.3 is 5.97 Å². The van der Waals surface area contributed by atoms with Crippen LogP contribution in [0.3, 0.4) is 0 Å². The number of carboxylic acid groups (broad SMARTS) is 1. The maximum Gasteiger partial charge on any atom is 0.371 e. The molecule has 2 rings (SSSR count). The summed E-state index contributed by atoms with van der Waals surface area (Å²) in [7, 11) is -3.94. The molecule has 0 spiro atoms. The van der Waals surface area contributed by atoms with Gasteiger partial charge in [0.15, 0.2) is 0 Å². The van der Waals surface area contributed by atoms with Gasteiger partial charge in [-0.2, -0.15) is 0 Å². The third-order valence-corrected chi connectivity index (χ3v) is 4.58. The van der Waals surface area contributed by atoms with Crippen LogP contribution in [0.1, 0.15) is 29.8 Å². The Morgan fingerprint density at radius 1 is 1.20 bits per heavy atom. The summed E-state index contributed by atoms with van der Waals surface area (Å²) in [5, 5.41) is 8.20. The van der Waals surface area contributed by atoms with Gasteiger partial charge in [-0.15, -0.1) is 0 Å². The summed E-state index contributed by atoms with van der Waals surface area (Å²) in [6.45, 7) is 1.12. The molecule has 8 heteroatoms. The van der Waals surface area contributed by atoms with Gasteiger partial charge < -0.3 is 14.4 Å². The highest BCUT2D eigenvalue weighted by atomic mass is 32.2. The van der Waals surface area contributed by atoms with Crippen molar-refractivity contribution < 1.29 is 27.5 Å². The molecule has 1 aromatic rings. The van der Waals surface area contributed by atoms with Crippen molar-refractivity contribution in [2.45, 2.75) is 24.4 Å². The number of hydrogen-bond donors (Lipinski definition) is 1. The maximum atomic E-state index is 12.0. The third-order valence-electron chi connectivity index (χ3n) is 3.12. The van der Waals surface area contributed by atoms with Gasteiger partial charge in [-0.3, -0.25) is 4.79 Å². The highest BCUT2D eigenvalue weighted by Gasteiger charge is 2.27. The zero-order chi connectivity index (χ0) is 14.8. The molecule has 0 bridgehead atoms. The Balaban J connectivity index is 2.09. The summed E-state index contributed by atoms with van der Waals surface area (Å²) in [4.78, 5) is 24.1. The van der Waals surface area contributed by atoms with Crippen LogP contribution in [0.25, 0.3) is 0 Å². The summed E-state index contributed by atoms with van der Waals surface area (Å²) in [6.07, 6.45) is 2.78. The van der Waals surface area contributed by atoms with E-state index in [-0.39, 0.29) is 0 Å². The Morgan fingerprint density at radius 2 is 1.85 bits per heavy atom. The summed E-state index contributed by atoms with van der Waals surface area (Å²) >= 11 is 0. The van der Waals surface area contributed by atoms with Crippen molar-refractivity contribution in [3.05, 3.63) is 17.9 Å². The fraction of sp³-hybridized carbons (Fsp3) is 0.500. The van der Waals surface area contributed by atoms with Crippen molar-refractivity contribution in [3.63, 3.8) is 0 Å². The molecular formula is C12H15NO6S. The highest BCUT2D eigenvalue weighted by molar-refractivity contribution is 7.92. The maximum absolute atomic E-state index is 12.0. The number of nitrogens with zero attached hydrogens (tertiary/aromatic N) is 1. The van der Waals surface area contributed by atoms with Crippen LogP contribution in [-0.4, -0.2) is 49.1 Å². The van der Waals surface area contributed by atoms with Crippen LogP contribution in [0.2, 0.25) is 0 Å². The lowest BCUT2D eigenvalue weighted by Gasteiger charge is -2.26. The number of amides is 1. The number of carboxylic acids is 1. The molecule has 1 aromatic heterocycles. The molecule has 0 aromatic carbocycles. The Labute approximate surface area is 116 Å². The molecule has 0 unspecified atom stereocenters. The molecule has 2 heterocycles. The van der Waals surface area contributed by atoms with Gasteiger partial charge in [-0.25, -0.2) is 13.2 Å². The second-order valence-electron chi connectivity index (χ2n) is 4.62. The first-order chi connectivity index (χ1) is 9.40. The zero-order valence-electron chi connectivity index (χ0n) is 10.7. The van der Waals surface area contributed by atoms with Crippen molar-refractivity contribution in [3.8, 4) is 0 Å². The predicted molar refractivity (Wildman–Crippen MR) is 68.2 cm³/mol. The van der Waals surface area contributed by atoms with Crippen LogP contribution in [0, 0.1) is 0 Å². The Hall–Kier alpha value is -1.83. The molecule has 0 atom stereocenters. The summed E-state index contributed by atoms with van der Waals surface area (Å²) in [5.41, 5.74) is 0. The molecular weight excluding hydrogens is 286 g/mol. The molecule has 1 fully saturated rings. The van der Waals surface area contributed by atoms with E-state index in [4.69, 9.17) is 9.52 Å². The SMILES string of the molecule is O=C(O)c1ccc(S(=O)(=O)CC(=O)N2CCCCC2)o1. The van der Waals surface area contributed by atoms with Crippen LogP contribution in [-0.2, 0) is 14.6 Å². The molecule has 1 aliphatic rings. The number of furan rings is 1. The van der Waals surface area contributed by atoms with Crippen LogP contribution in [0.4, 0.5) is 0 Å². The van der Waals surface area contributed by atoms with Crippen molar-refractivity contribution in [1.82, 2.24) is 4.90 Å². The summed E-state index contributed by atoms with van der Waals surface area (Å²) in [5.74, 6) is -2.99. The largest absolute Gasteiger partial charge is 0.475 e. The van der Waals surface area contributed by atoms with E-state index in [0.29, 0.717) is 13.1 Å². The van der Waals surface area contributed by atoms with Gasteiger partial charge in [-0.05, 0) is 31.4 Å². The molecule has 1 aliphatic heterocycles. The van der Waals surface area contributed by atoms with Crippen LogP contribution in [0.15, 0.2) is 21.6 Å². The number of piperidine rings is 1. The lowest BCUT2D eigenvalue weighted by molar-refractivity contribution is -0.129. The molecule has 0 radical (unpaired) electrons. The average Bonchev–Trinajstić information content (AvgIpc) is 2.90. The average molecular weight is 301 g/mol. The molecule has 110 valence electrons. The number of rotatable bonds is 4. The fourth-order valence-electron chi connectivity index (χ4n) is 2.07. The van der Waals surface area contributed by atoms with E-state index >= 15 is 0 Å². The molecule has 0 aliphatic carbocycles. The lowest BCUT2D eigenvalue weighted by Crippen LogP contribution is -2.39. The molecule has 0 saturated carbocycles. The highest BCUT2D eigenvalue weighted by Crippen LogP contribution is 2.17. The van der Waals surface area contributed by atoms with Crippen molar-refractivity contribution in [2.75, 3.05) is 18.8 Å². The van der Waals surface area contributed by atoms with Crippen LogP contribution >= 0.6 is 0 Å². The fourth-order valence-corrected chi connectivity index (χ4v) is 3.21. The van der Waals surface area contributed by atoms with E-state index in [1.165, 1.54) is 4.90 Å². The van der Waals surface area contributed by atoms with Gasteiger partial charge in [0.1, 0.15) is 5.75 Å². The van der Waals surface area contributed by atoms with Crippen molar-refractivity contribution in [2.24, 2.45) is 0 Å². The first kappa shape index (κ1) is 14.6. The van der Waals surface area contributed by atoms with Gasteiger partial charge in [0.05, 0.1) is 0 Å². The second-order valence-corrected chi connectivity index (χ2v) is 6.54. The number of hydrogen-bond acceptors (Lipinski definition) is 5. The molecule has 1 amide bonds. The monoisotopic (exact) mass is 301 g/mol. The quantitative estimate of drug-likeness (QED) is 0.880. The number of carbonyl (C=O) groups is 2. The van der Waals surface area contributed by atoms with Crippen molar-refractivity contribution in [1.29, 1.82) is 0 Å². The van der Waals surface area contributed by atoms with Gasteiger partial charge in [0.25, 0.3) is 0 Å². The van der Waals surface area contributed by atoms with E-state index in [0.717, 1.165) is 31.4 Å². The lowest BCUT2D eigenvalue weighted by atomic mass is 10.1. The normalized spacial score (nSPS) is 16.1. The minimum atomic E-state index is -3.94. The summed E-state index contributed by atoms with van der Waals surface area (Å²) < 4.78 is 28.7. The van der Waals surface area contributed by atoms with Crippen LogP contribution < -0.4 is 0 Å². The molecule has 20 heavy (non-hydrogen) atoms. The number of carbonyl (C=O) groups excluding carboxylic acids is 1. The molecule has 1 N–H and O–H groups in total. The number of likely N-dealkylation sites (tertiary alicyclic amines) is 1. The topological polar surface area (TPSA) is 105 Å². The van der Waals surface area contributed by atoms with E-state index in [9.17, 15) is 18.0 Å². The first-order valence-electron chi connectivity index (χ1n) is 6.24.